The van der Waals surface area contributed by atoms with Crippen LogP contribution in [0.1, 0.15) is 134 Å². The maximum Gasteiger partial charge on any atom is 0.408 e. The number of hydrogen-bond acceptors (Lipinski definition) is 10. The molecule has 1 fully saturated rings. The number of esters is 1. The first-order valence-electron chi connectivity index (χ1n) is 21.4. The van der Waals surface area contributed by atoms with E-state index in [1.807, 2.05) is 41.0 Å². The number of anilines is 1. The summed E-state index contributed by atoms with van der Waals surface area (Å²) in [6.45, 7) is 15.1. The van der Waals surface area contributed by atoms with Gasteiger partial charge in [-0.3, -0.25) is 23.7 Å². The SMILES string of the molecule is CC1(C)CC(=O)n2c(c(-c3ccc(C(N)=O)c(NC4CCC(OC(=O)CCNC(=O)[C@H](CCCCNC(=O)OC(C)(C)C)NC(=O)OC(C)(C)C)CC4)c3)c3ccccc32)C1. The summed E-state index contributed by atoms with van der Waals surface area (Å²) in [7, 11) is 0. The van der Waals surface area contributed by atoms with E-state index in [-0.39, 0.29) is 42.9 Å². The number of para-hydroxylation sites is 1. The minimum Gasteiger partial charge on any atom is -0.462 e. The molecule has 61 heavy (non-hydrogen) atoms. The summed E-state index contributed by atoms with van der Waals surface area (Å²) in [4.78, 5) is 76.6. The van der Waals surface area contributed by atoms with Crippen LogP contribution in [0.2, 0.25) is 0 Å². The highest BCUT2D eigenvalue weighted by molar-refractivity contribution is 6.06. The lowest BCUT2D eigenvalue weighted by atomic mass is 9.80. The second-order valence-corrected chi connectivity index (χ2v) is 19.0. The molecule has 6 N–H and O–H groups in total. The second kappa shape index (κ2) is 19.4. The summed E-state index contributed by atoms with van der Waals surface area (Å²) in [5.41, 5.74) is 8.93. The predicted molar refractivity (Wildman–Crippen MR) is 233 cm³/mol. The number of alkyl carbamates (subject to hydrolysis) is 2. The van der Waals surface area contributed by atoms with Crippen LogP contribution in [-0.2, 0) is 30.2 Å². The zero-order valence-corrected chi connectivity index (χ0v) is 37.0. The number of nitrogens with two attached hydrogens (primary N) is 1. The molecule has 2 aromatic carbocycles. The molecule has 0 saturated heterocycles. The summed E-state index contributed by atoms with van der Waals surface area (Å²) in [5.74, 6) is -1.40. The van der Waals surface area contributed by atoms with E-state index >= 15 is 0 Å². The molecule has 0 radical (unpaired) electrons. The third-order valence-electron chi connectivity index (χ3n) is 10.6. The predicted octanol–water partition coefficient (Wildman–Crippen LogP) is 7.38. The maximum absolute atomic E-state index is 13.4. The molecule has 15 heteroatoms. The number of fused-ring (bicyclic) bond motifs is 3. The third-order valence-corrected chi connectivity index (χ3v) is 10.6. The third kappa shape index (κ3) is 13.2. The van der Waals surface area contributed by atoms with Crippen molar-refractivity contribution in [3.8, 4) is 11.1 Å². The number of hydrogen-bond donors (Lipinski definition) is 5. The van der Waals surface area contributed by atoms with Gasteiger partial charge in [-0.1, -0.05) is 38.1 Å². The van der Waals surface area contributed by atoms with Crippen LogP contribution < -0.4 is 27.0 Å². The molecule has 1 saturated carbocycles. The van der Waals surface area contributed by atoms with E-state index in [2.05, 4.69) is 35.1 Å². The minimum atomic E-state index is -0.921. The molecule has 0 unspecified atom stereocenters. The highest BCUT2D eigenvalue weighted by Crippen LogP contribution is 2.43. The second-order valence-electron chi connectivity index (χ2n) is 19.0. The molecule has 1 atom stereocenters. The average Bonchev–Trinajstić information content (AvgIpc) is 3.46. The fraction of sp³-hybridized carbons (Fsp3) is 0.565. The summed E-state index contributed by atoms with van der Waals surface area (Å²) < 4.78 is 18.2. The van der Waals surface area contributed by atoms with Crippen molar-refractivity contribution in [1.82, 2.24) is 20.5 Å². The maximum atomic E-state index is 13.4. The number of ether oxygens (including phenoxy) is 3. The first-order valence-corrected chi connectivity index (χ1v) is 21.4. The Morgan fingerprint density at radius 2 is 1.52 bits per heavy atom. The standard InChI is InChI=1S/C46H64N6O9/c1-44(2,3)60-42(57)49-23-12-11-14-33(51-43(58)61-45(4,5)6)41(56)48-24-22-38(54)59-30-19-17-29(18-20-30)50-34-25-28(16-21-31(34)40(47)55)39-32-13-9-10-15-35(32)52-36(39)26-46(7,8)27-37(52)53/h9-10,13,15-16,21,25,29-30,33,50H,11-12,14,17-20,22-24,26-27H2,1-8H3,(H2,47,55)(H,48,56)(H,49,57)(H,51,58)/t29?,30?,33-/m0/s1. The Morgan fingerprint density at radius 3 is 2.20 bits per heavy atom. The average molecular weight is 845 g/mol. The number of unbranched alkanes of at least 4 members (excludes halogenated alkanes) is 1. The molecule has 3 aromatic rings. The Bertz CT molecular complexity index is 2100. The monoisotopic (exact) mass is 844 g/mol. The van der Waals surface area contributed by atoms with Crippen LogP contribution >= 0.6 is 0 Å². The number of nitrogens with zero attached hydrogens (tertiary/aromatic N) is 1. The number of primary amides is 1. The lowest BCUT2D eigenvalue weighted by molar-refractivity contribution is -0.150. The Hall–Kier alpha value is -5.60. The van der Waals surface area contributed by atoms with Gasteiger partial charge in [-0.2, -0.15) is 0 Å². The Morgan fingerprint density at radius 1 is 0.852 bits per heavy atom. The first-order chi connectivity index (χ1) is 28.6. The van der Waals surface area contributed by atoms with E-state index in [0.29, 0.717) is 62.7 Å². The van der Waals surface area contributed by atoms with E-state index in [1.165, 1.54) is 0 Å². The highest BCUT2D eigenvalue weighted by Gasteiger charge is 2.35. The fourth-order valence-corrected chi connectivity index (χ4v) is 8.00. The molecule has 2 heterocycles. The van der Waals surface area contributed by atoms with Crippen molar-refractivity contribution in [1.29, 1.82) is 0 Å². The van der Waals surface area contributed by atoms with Crippen molar-refractivity contribution < 1.29 is 43.0 Å². The lowest BCUT2D eigenvalue weighted by Gasteiger charge is -2.31. The molecule has 5 rings (SSSR count). The molecular formula is C46H64N6O9. The van der Waals surface area contributed by atoms with Gasteiger partial charge in [0.1, 0.15) is 23.3 Å². The number of amides is 4. The van der Waals surface area contributed by atoms with Crippen LogP contribution in [-0.4, -0.2) is 82.9 Å². The number of carbonyl (C=O) groups excluding carboxylic acids is 6. The van der Waals surface area contributed by atoms with Crippen molar-refractivity contribution in [3.63, 3.8) is 0 Å². The topological polar surface area (TPSA) is 209 Å². The van der Waals surface area contributed by atoms with Gasteiger partial charge in [0.25, 0.3) is 5.91 Å². The van der Waals surface area contributed by atoms with Gasteiger partial charge >= 0.3 is 18.2 Å². The number of benzene rings is 2. The van der Waals surface area contributed by atoms with Crippen LogP contribution in [0.4, 0.5) is 15.3 Å². The van der Waals surface area contributed by atoms with Gasteiger partial charge in [0.05, 0.1) is 17.5 Å². The zero-order valence-electron chi connectivity index (χ0n) is 37.0. The Kier molecular flexibility index (Phi) is 14.8. The van der Waals surface area contributed by atoms with Gasteiger partial charge in [0, 0.05) is 47.9 Å². The van der Waals surface area contributed by atoms with Crippen molar-refractivity contribution in [3.05, 3.63) is 53.7 Å². The van der Waals surface area contributed by atoms with Crippen LogP contribution in [0.25, 0.3) is 22.0 Å². The molecule has 1 aromatic heterocycles. The summed E-state index contributed by atoms with van der Waals surface area (Å²) in [6.07, 6.45) is 3.41. The number of aromatic nitrogens is 1. The summed E-state index contributed by atoms with van der Waals surface area (Å²) in [5, 5.41) is 12.6. The minimum absolute atomic E-state index is 0.00899. The Labute approximate surface area is 358 Å². The molecule has 1 aliphatic carbocycles. The molecule has 0 bridgehead atoms. The van der Waals surface area contributed by atoms with Gasteiger partial charge < -0.3 is 41.2 Å². The quantitative estimate of drug-likeness (QED) is 0.0582. The first kappa shape index (κ1) is 46.5. The highest BCUT2D eigenvalue weighted by atomic mass is 16.6. The van der Waals surface area contributed by atoms with Crippen molar-refractivity contribution in [2.24, 2.45) is 11.1 Å². The molecule has 1 aliphatic heterocycles. The van der Waals surface area contributed by atoms with Gasteiger partial charge in [-0.25, -0.2) is 9.59 Å². The number of nitrogens with one attached hydrogen (secondary N) is 4. The van der Waals surface area contributed by atoms with Crippen molar-refractivity contribution in [2.45, 2.75) is 149 Å². The van der Waals surface area contributed by atoms with Gasteiger partial charge in [-0.15, -0.1) is 0 Å². The van der Waals surface area contributed by atoms with Crippen molar-refractivity contribution >= 4 is 52.5 Å². The molecule has 2 aliphatic rings. The normalized spacial score (nSPS) is 18.0. The molecule has 15 nitrogen and oxygen atoms in total. The van der Waals surface area contributed by atoms with E-state index < -0.39 is 47.2 Å². The van der Waals surface area contributed by atoms with E-state index in [1.54, 1.807) is 47.6 Å². The number of rotatable bonds is 15. The van der Waals surface area contributed by atoms with E-state index in [0.717, 1.165) is 34.1 Å². The molecule has 4 amide bonds. The largest absolute Gasteiger partial charge is 0.462 e. The smallest absolute Gasteiger partial charge is 0.408 e. The molecular weight excluding hydrogens is 781 g/mol. The van der Waals surface area contributed by atoms with E-state index in [9.17, 15) is 28.8 Å². The van der Waals surface area contributed by atoms with Gasteiger partial charge in [-0.05, 0) is 122 Å². The van der Waals surface area contributed by atoms with Crippen LogP contribution in [0, 0.1) is 5.41 Å². The van der Waals surface area contributed by atoms with E-state index in [4.69, 9.17) is 19.9 Å². The summed E-state index contributed by atoms with van der Waals surface area (Å²) in [6, 6.07) is 12.6. The van der Waals surface area contributed by atoms with Crippen LogP contribution in [0.15, 0.2) is 42.5 Å². The number of carbonyl (C=O) groups is 6. The fourth-order valence-electron chi connectivity index (χ4n) is 8.00. The van der Waals surface area contributed by atoms with Crippen molar-refractivity contribution in [2.75, 3.05) is 18.4 Å². The van der Waals surface area contributed by atoms with Crippen LogP contribution in [0.5, 0.6) is 0 Å². The summed E-state index contributed by atoms with van der Waals surface area (Å²) >= 11 is 0. The van der Waals surface area contributed by atoms with Gasteiger partial charge in [0.15, 0.2) is 0 Å². The molecule has 332 valence electrons. The van der Waals surface area contributed by atoms with Gasteiger partial charge in [0.2, 0.25) is 11.8 Å². The Balaban J connectivity index is 1.13. The lowest BCUT2D eigenvalue weighted by Crippen LogP contribution is -2.48. The van der Waals surface area contributed by atoms with Crippen LogP contribution in [0.3, 0.4) is 0 Å². The molecule has 0 spiro atoms. The zero-order chi connectivity index (χ0) is 44.7.